The lowest BCUT2D eigenvalue weighted by molar-refractivity contribution is -0.384. The van der Waals surface area contributed by atoms with Gasteiger partial charge in [-0.25, -0.2) is 5.43 Å². The molecule has 1 saturated heterocycles. The van der Waals surface area contributed by atoms with Gasteiger partial charge in [0.05, 0.1) is 28.3 Å². The number of hydrogen-bond donors (Lipinski definition) is 1. The molecule has 1 amide bonds. The van der Waals surface area contributed by atoms with Crippen LogP contribution >= 0.6 is 23.2 Å². The van der Waals surface area contributed by atoms with Crippen LogP contribution in [0.3, 0.4) is 0 Å². The van der Waals surface area contributed by atoms with Gasteiger partial charge in [-0.3, -0.25) is 19.8 Å². The molecule has 1 aliphatic rings. The molecule has 9 nitrogen and oxygen atoms in total. The molecular formula is C28H28Cl2N4O5. The summed E-state index contributed by atoms with van der Waals surface area (Å²) in [5, 5.41) is 15.9. The van der Waals surface area contributed by atoms with E-state index < -0.39 is 4.92 Å². The molecule has 0 saturated carbocycles. The van der Waals surface area contributed by atoms with Crippen molar-refractivity contribution in [3.63, 3.8) is 0 Å². The van der Waals surface area contributed by atoms with Crippen LogP contribution in [0.2, 0.25) is 10.0 Å². The molecule has 1 aliphatic heterocycles. The van der Waals surface area contributed by atoms with E-state index in [0.717, 1.165) is 29.8 Å². The number of carbonyl (C=O) groups is 1. The Kier molecular flexibility index (Phi) is 9.75. The molecule has 3 aromatic carbocycles. The Morgan fingerprint density at radius 1 is 1.05 bits per heavy atom. The summed E-state index contributed by atoms with van der Waals surface area (Å²) in [5.41, 5.74) is 5.33. The number of nitrogens with zero attached hydrogens (tertiary/aromatic N) is 3. The summed E-state index contributed by atoms with van der Waals surface area (Å²) in [6.45, 7) is 2.48. The van der Waals surface area contributed by atoms with Crippen LogP contribution in [0.4, 0.5) is 5.69 Å². The van der Waals surface area contributed by atoms with Gasteiger partial charge in [0.2, 0.25) is 5.91 Å². The zero-order valence-electron chi connectivity index (χ0n) is 21.3. The molecular weight excluding hydrogens is 543 g/mol. The predicted octanol–water partition coefficient (Wildman–Crippen LogP) is 5.85. The van der Waals surface area contributed by atoms with Crippen LogP contribution in [-0.2, 0) is 17.9 Å². The quantitative estimate of drug-likeness (QED) is 0.186. The van der Waals surface area contributed by atoms with E-state index in [1.807, 2.05) is 12.1 Å². The minimum Gasteiger partial charge on any atom is -0.493 e. The van der Waals surface area contributed by atoms with Crippen molar-refractivity contribution in [1.82, 2.24) is 10.3 Å². The first-order valence-electron chi connectivity index (χ1n) is 12.4. The fourth-order valence-corrected chi connectivity index (χ4v) is 4.59. The Morgan fingerprint density at radius 3 is 2.44 bits per heavy atom. The van der Waals surface area contributed by atoms with Crippen LogP contribution in [0.25, 0.3) is 0 Å². The van der Waals surface area contributed by atoms with Gasteiger partial charge >= 0.3 is 0 Å². The van der Waals surface area contributed by atoms with Crippen LogP contribution < -0.4 is 14.9 Å². The standard InChI is InChI=1S/C28H28Cl2N4O5/c1-38-26-9-5-20(15-27(26)39-18-21-4-8-24(29)25(30)14-21)16-31-32-28(35)22-10-12-33(13-11-22)17-19-2-6-23(7-3-19)34(36)37/h2-9,14-16,22H,10-13,17-18H2,1H3,(H,32,35). The van der Waals surface area contributed by atoms with Gasteiger partial charge in [0.25, 0.3) is 5.69 Å². The lowest BCUT2D eigenvalue weighted by atomic mass is 9.96. The Hall–Kier alpha value is -3.66. The van der Waals surface area contributed by atoms with Gasteiger partial charge in [0.1, 0.15) is 6.61 Å². The Labute approximate surface area is 236 Å². The third-order valence-electron chi connectivity index (χ3n) is 6.47. The molecule has 1 fully saturated rings. The van der Waals surface area contributed by atoms with Crippen LogP contribution in [0.5, 0.6) is 11.5 Å². The van der Waals surface area contributed by atoms with Gasteiger partial charge in [-0.2, -0.15) is 5.10 Å². The molecule has 3 aromatic rings. The molecule has 0 radical (unpaired) electrons. The topological polar surface area (TPSA) is 106 Å². The van der Waals surface area contributed by atoms with Gasteiger partial charge in [0, 0.05) is 24.6 Å². The summed E-state index contributed by atoms with van der Waals surface area (Å²) in [7, 11) is 1.56. The molecule has 204 valence electrons. The molecule has 11 heteroatoms. The summed E-state index contributed by atoms with van der Waals surface area (Å²) < 4.78 is 11.3. The van der Waals surface area contributed by atoms with Crippen molar-refractivity contribution in [3.05, 3.63) is 97.5 Å². The number of nitro benzene ring substituents is 1. The number of hydrazone groups is 1. The molecule has 39 heavy (non-hydrogen) atoms. The summed E-state index contributed by atoms with van der Waals surface area (Å²) in [6.07, 6.45) is 2.99. The minimum atomic E-state index is -0.405. The maximum absolute atomic E-state index is 12.7. The van der Waals surface area contributed by atoms with Crippen molar-refractivity contribution in [2.24, 2.45) is 11.0 Å². The highest BCUT2D eigenvalue weighted by Gasteiger charge is 2.25. The van der Waals surface area contributed by atoms with Crippen molar-refractivity contribution >= 4 is 41.0 Å². The van der Waals surface area contributed by atoms with Gasteiger partial charge in [-0.15, -0.1) is 0 Å². The highest BCUT2D eigenvalue weighted by atomic mass is 35.5. The molecule has 1 heterocycles. The number of nitro groups is 1. The highest BCUT2D eigenvalue weighted by Crippen LogP contribution is 2.29. The van der Waals surface area contributed by atoms with Crippen molar-refractivity contribution < 1.29 is 19.2 Å². The molecule has 0 unspecified atom stereocenters. The van der Waals surface area contributed by atoms with E-state index in [0.29, 0.717) is 40.9 Å². The molecule has 0 aliphatic carbocycles. The number of amides is 1. The number of benzene rings is 3. The monoisotopic (exact) mass is 570 g/mol. The Balaban J connectivity index is 1.26. The van der Waals surface area contributed by atoms with E-state index in [2.05, 4.69) is 15.4 Å². The van der Waals surface area contributed by atoms with Gasteiger partial charge in [0.15, 0.2) is 11.5 Å². The highest BCUT2D eigenvalue weighted by molar-refractivity contribution is 6.42. The number of halogens is 2. The first kappa shape index (κ1) is 28.4. The van der Waals surface area contributed by atoms with Gasteiger partial charge in [-0.1, -0.05) is 41.4 Å². The third-order valence-corrected chi connectivity index (χ3v) is 7.21. The summed E-state index contributed by atoms with van der Waals surface area (Å²) in [5.74, 6) is 0.845. The number of nitrogens with one attached hydrogen (secondary N) is 1. The number of carbonyl (C=O) groups excluding carboxylic acids is 1. The maximum Gasteiger partial charge on any atom is 0.269 e. The van der Waals surface area contributed by atoms with Crippen LogP contribution in [0, 0.1) is 16.0 Å². The van der Waals surface area contributed by atoms with E-state index >= 15 is 0 Å². The van der Waals surface area contributed by atoms with Gasteiger partial charge < -0.3 is 9.47 Å². The second-order valence-electron chi connectivity index (χ2n) is 9.16. The molecule has 0 atom stereocenters. The minimum absolute atomic E-state index is 0.0800. The molecule has 0 aromatic heterocycles. The van der Waals surface area contributed by atoms with Crippen LogP contribution in [0.1, 0.15) is 29.5 Å². The van der Waals surface area contributed by atoms with E-state index in [4.69, 9.17) is 32.7 Å². The zero-order valence-corrected chi connectivity index (χ0v) is 22.8. The Bertz CT molecular complexity index is 1340. The first-order chi connectivity index (χ1) is 18.8. The second-order valence-corrected chi connectivity index (χ2v) is 9.97. The van der Waals surface area contributed by atoms with Gasteiger partial charge in [-0.05, 0) is 73.0 Å². The van der Waals surface area contributed by atoms with Crippen molar-refractivity contribution in [3.8, 4) is 11.5 Å². The lowest BCUT2D eigenvalue weighted by Crippen LogP contribution is -2.39. The predicted molar refractivity (Wildman–Crippen MR) is 151 cm³/mol. The van der Waals surface area contributed by atoms with E-state index in [9.17, 15) is 14.9 Å². The first-order valence-corrected chi connectivity index (χ1v) is 13.1. The number of ether oxygens (including phenoxy) is 2. The molecule has 0 spiro atoms. The lowest BCUT2D eigenvalue weighted by Gasteiger charge is -2.30. The smallest absolute Gasteiger partial charge is 0.269 e. The number of piperidine rings is 1. The van der Waals surface area contributed by atoms with Crippen molar-refractivity contribution in [2.45, 2.75) is 26.0 Å². The van der Waals surface area contributed by atoms with E-state index in [1.54, 1.807) is 49.7 Å². The normalized spacial score (nSPS) is 14.3. The van der Waals surface area contributed by atoms with Crippen molar-refractivity contribution in [1.29, 1.82) is 0 Å². The summed E-state index contributed by atoms with van der Waals surface area (Å²) in [4.78, 5) is 25.3. The van der Waals surface area contributed by atoms with Crippen molar-refractivity contribution in [2.75, 3.05) is 20.2 Å². The number of methoxy groups -OCH3 is 1. The maximum atomic E-state index is 12.7. The number of non-ortho nitro benzene ring substituents is 1. The summed E-state index contributed by atoms with van der Waals surface area (Å²) >= 11 is 12.1. The van der Waals surface area contributed by atoms with Crippen LogP contribution in [0.15, 0.2) is 65.8 Å². The average Bonchev–Trinajstić information content (AvgIpc) is 2.94. The molecule has 1 N–H and O–H groups in total. The largest absolute Gasteiger partial charge is 0.493 e. The fraction of sp³-hybridized carbons (Fsp3) is 0.286. The number of hydrogen-bond acceptors (Lipinski definition) is 7. The average molecular weight is 571 g/mol. The number of likely N-dealkylation sites (tertiary alicyclic amines) is 1. The summed E-state index contributed by atoms with van der Waals surface area (Å²) in [6, 6.07) is 17.2. The molecule has 4 rings (SSSR count). The SMILES string of the molecule is COc1ccc(C=NNC(=O)C2CCN(Cc3ccc([N+](=O)[O-])cc3)CC2)cc1OCc1ccc(Cl)c(Cl)c1. The van der Waals surface area contributed by atoms with E-state index in [-0.39, 0.29) is 24.1 Å². The second kappa shape index (κ2) is 13.4. The Morgan fingerprint density at radius 2 is 1.77 bits per heavy atom. The van der Waals surface area contributed by atoms with Crippen LogP contribution in [-0.4, -0.2) is 42.1 Å². The number of rotatable bonds is 10. The molecule has 0 bridgehead atoms. The fourth-order valence-electron chi connectivity index (χ4n) is 4.27. The zero-order chi connectivity index (χ0) is 27.8. The van der Waals surface area contributed by atoms with E-state index in [1.165, 1.54) is 12.1 Å². The third kappa shape index (κ3) is 7.92.